The number of hydrogen-bond donors (Lipinski definition) is 4. The maximum absolute atomic E-state index is 13.9. The first-order valence-electron chi connectivity index (χ1n) is 13.4. The molecule has 2 aliphatic rings. The van der Waals surface area contributed by atoms with Gasteiger partial charge in [-0.1, -0.05) is 53.9 Å². The first-order valence-corrected chi connectivity index (χ1v) is 13.4. The molecule has 0 radical (unpaired) electrons. The summed E-state index contributed by atoms with van der Waals surface area (Å²) in [6.45, 7) is 15.6. The molecule has 4 atom stereocenters. The Balaban J connectivity index is 2.29. The van der Waals surface area contributed by atoms with E-state index < -0.39 is 52.7 Å². The molecule has 2 fully saturated rings. The zero-order valence-corrected chi connectivity index (χ0v) is 23.8. The van der Waals surface area contributed by atoms with Gasteiger partial charge >= 0.3 is 6.03 Å². The first kappa shape index (κ1) is 30.6. The Labute approximate surface area is 221 Å². The van der Waals surface area contributed by atoms with Gasteiger partial charge in [-0.2, -0.15) is 0 Å². The van der Waals surface area contributed by atoms with Crippen molar-refractivity contribution in [2.75, 3.05) is 6.54 Å². The SMILES string of the molecule is CC(C)[C@@H]1CC(C(=O)NC(CC2CCC2)C(=O)C(N)=O)N(C(=O)[C@@H](NC(=O)NC(C)(C)C)C(C)(C)C)C1. The van der Waals surface area contributed by atoms with Gasteiger partial charge in [0.25, 0.3) is 5.91 Å². The molecule has 0 bridgehead atoms. The third-order valence-corrected chi connectivity index (χ3v) is 7.41. The van der Waals surface area contributed by atoms with Gasteiger partial charge < -0.3 is 26.6 Å². The van der Waals surface area contributed by atoms with Crippen LogP contribution in [-0.4, -0.2) is 64.6 Å². The maximum Gasteiger partial charge on any atom is 0.315 e. The monoisotopic (exact) mass is 521 g/mol. The molecule has 37 heavy (non-hydrogen) atoms. The average Bonchev–Trinajstić information content (AvgIpc) is 3.16. The Hall–Kier alpha value is -2.65. The van der Waals surface area contributed by atoms with Crippen LogP contribution >= 0.6 is 0 Å². The highest BCUT2D eigenvalue weighted by Gasteiger charge is 2.46. The number of carbonyl (C=O) groups is 5. The molecule has 0 aromatic carbocycles. The molecular weight excluding hydrogens is 474 g/mol. The molecule has 1 saturated heterocycles. The van der Waals surface area contributed by atoms with Crippen molar-refractivity contribution < 1.29 is 24.0 Å². The number of hydrogen-bond acceptors (Lipinski definition) is 5. The number of nitrogens with zero attached hydrogens (tertiary/aromatic N) is 1. The van der Waals surface area contributed by atoms with Crippen LogP contribution in [0.1, 0.15) is 87.5 Å². The third-order valence-electron chi connectivity index (χ3n) is 7.41. The van der Waals surface area contributed by atoms with Gasteiger partial charge in [-0.15, -0.1) is 0 Å². The van der Waals surface area contributed by atoms with Crippen LogP contribution in [0, 0.1) is 23.2 Å². The van der Waals surface area contributed by atoms with Gasteiger partial charge in [0, 0.05) is 12.1 Å². The van der Waals surface area contributed by atoms with E-state index >= 15 is 0 Å². The highest BCUT2D eigenvalue weighted by Crippen LogP contribution is 2.33. The minimum Gasteiger partial charge on any atom is -0.363 e. The Morgan fingerprint density at radius 3 is 2.00 bits per heavy atom. The largest absolute Gasteiger partial charge is 0.363 e. The lowest BCUT2D eigenvalue weighted by molar-refractivity contribution is -0.143. The number of ketones is 1. The highest BCUT2D eigenvalue weighted by molar-refractivity contribution is 6.37. The molecule has 0 aromatic heterocycles. The Morgan fingerprint density at radius 2 is 1.57 bits per heavy atom. The normalized spacial score (nSPS) is 22.1. The fraction of sp³-hybridized carbons (Fsp3) is 0.815. The van der Waals surface area contributed by atoms with Gasteiger partial charge in [0.1, 0.15) is 12.1 Å². The molecule has 2 rings (SSSR count). The summed E-state index contributed by atoms with van der Waals surface area (Å²) in [5.74, 6) is -2.17. The van der Waals surface area contributed by atoms with Gasteiger partial charge in [-0.25, -0.2) is 4.79 Å². The van der Waals surface area contributed by atoms with Gasteiger partial charge in [-0.3, -0.25) is 19.2 Å². The van der Waals surface area contributed by atoms with E-state index in [2.05, 4.69) is 16.0 Å². The Bertz CT molecular complexity index is 885. The Kier molecular flexibility index (Phi) is 9.76. The predicted molar refractivity (Wildman–Crippen MR) is 141 cm³/mol. The maximum atomic E-state index is 13.9. The van der Waals surface area contributed by atoms with Crippen molar-refractivity contribution in [3.63, 3.8) is 0 Å². The summed E-state index contributed by atoms with van der Waals surface area (Å²) < 4.78 is 0. The lowest BCUT2D eigenvalue weighted by Gasteiger charge is -2.36. The van der Waals surface area contributed by atoms with Crippen LogP contribution in [0.4, 0.5) is 4.79 Å². The Morgan fingerprint density at radius 1 is 0.973 bits per heavy atom. The van der Waals surface area contributed by atoms with E-state index in [1.807, 2.05) is 55.4 Å². The summed E-state index contributed by atoms with van der Waals surface area (Å²) in [5.41, 5.74) is 4.15. The average molecular weight is 522 g/mol. The van der Waals surface area contributed by atoms with Crippen molar-refractivity contribution in [2.24, 2.45) is 28.9 Å². The van der Waals surface area contributed by atoms with Crippen LogP contribution in [0.5, 0.6) is 0 Å². The number of likely N-dealkylation sites (tertiary alicyclic amines) is 1. The number of nitrogens with one attached hydrogen (secondary N) is 3. The summed E-state index contributed by atoms with van der Waals surface area (Å²) in [5, 5.41) is 8.40. The molecular formula is C27H47N5O5. The van der Waals surface area contributed by atoms with E-state index in [0.717, 1.165) is 19.3 Å². The fourth-order valence-corrected chi connectivity index (χ4v) is 4.90. The smallest absolute Gasteiger partial charge is 0.315 e. The van der Waals surface area contributed by atoms with Gasteiger partial charge in [0.15, 0.2) is 0 Å². The highest BCUT2D eigenvalue weighted by atomic mass is 16.2. The number of primary amides is 1. The first-order chi connectivity index (χ1) is 16.9. The van der Waals surface area contributed by atoms with E-state index in [-0.39, 0.29) is 23.7 Å². The van der Waals surface area contributed by atoms with E-state index in [9.17, 15) is 24.0 Å². The number of rotatable bonds is 9. The molecule has 10 nitrogen and oxygen atoms in total. The zero-order chi connectivity index (χ0) is 28.3. The summed E-state index contributed by atoms with van der Waals surface area (Å²) >= 11 is 0. The van der Waals surface area contributed by atoms with Crippen LogP contribution in [0.3, 0.4) is 0 Å². The minimum atomic E-state index is -1.08. The van der Waals surface area contributed by atoms with E-state index in [4.69, 9.17) is 5.73 Å². The molecule has 1 aliphatic carbocycles. The number of Topliss-reactive ketones (excluding diaryl/α,β-unsaturated/α-hetero) is 1. The molecule has 10 heteroatoms. The fourth-order valence-electron chi connectivity index (χ4n) is 4.90. The summed E-state index contributed by atoms with van der Waals surface area (Å²) in [7, 11) is 0. The number of nitrogens with two attached hydrogens (primary N) is 1. The van der Waals surface area contributed by atoms with Gasteiger partial charge in [-0.05, 0) is 56.8 Å². The van der Waals surface area contributed by atoms with Crippen LogP contribution in [-0.2, 0) is 19.2 Å². The van der Waals surface area contributed by atoms with Gasteiger partial charge in [0.2, 0.25) is 17.6 Å². The van der Waals surface area contributed by atoms with Crippen LogP contribution in [0.15, 0.2) is 0 Å². The molecule has 2 unspecified atom stereocenters. The van der Waals surface area contributed by atoms with E-state index in [1.165, 1.54) is 4.90 Å². The van der Waals surface area contributed by atoms with E-state index in [0.29, 0.717) is 19.4 Å². The molecule has 210 valence electrons. The quantitative estimate of drug-likeness (QED) is 0.343. The molecule has 5 amide bonds. The number of carbonyl (C=O) groups excluding carboxylic acids is 5. The van der Waals surface area contributed by atoms with Crippen molar-refractivity contribution in [3.8, 4) is 0 Å². The van der Waals surface area contributed by atoms with Crippen molar-refractivity contribution in [1.29, 1.82) is 0 Å². The van der Waals surface area contributed by atoms with Crippen molar-refractivity contribution in [1.82, 2.24) is 20.9 Å². The van der Waals surface area contributed by atoms with Crippen molar-refractivity contribution in [3.05, 3.63) is 0 Å². The molecule has 0 spiro atoms. The van der Waals surface area contributed by atoms with Crippen LogP contribution in [0.2, 0.25) is 0 Å². The van der Waals surface area contributed by atoms with Crippen molar-refractivity contribution in [2.45, 2.75) is 111 Å². The number of urea groups is 1. The van der Waals surface area contributed by atoms with Crippen LogP contribution < -0.4 is 21.7 Å². The minimum absolute atomic E-state index is 0.0700. The third kappa shape index (κ3) is 8.43. The lowest BCUT2D eigenvalue weighted by atomic mass is 9.80. The number of amides is 5. The topological polar surface area (TPSA) is 151 Å². The molecule has 0 aromatic rings. The summed E-state index contributed by atoms with van der Waals surface area (Å²) in [4.78, 5) is 65.8. The zero-order valence-electron chi connectivity index (χ0n) is 23.8. The second-order valence-electron chi connectivity index (χ2n) is 13.2. The summed E-state index contributed by atoms with van der Waals surface area (Å²) in [6.07, 6.45) is 3.73. The standard InChI is InChI=1S/C27H47N5O5/c1-15(2)17-13-19(23(35)29-18(20(33)22(28)34)12-16-10-9-11-16)32(14-17)24(36)21(26(3,4)5)30-25(37)31-27(6,7)8/h15-19,21H,9-14H2,1-8H3,(H2,28,34)(H,29,35)(H2,30,31,37)/t17-,18?,19?,21-/m1/s1. The molecule has 1 heterocycles. The summed E-state index contributed by atoms with van der Waals surface area (Å²) in [6, 6.07) is -3.16. The molecule has 1 saturated carbocycles. The van der Waals surface area contributed by atoms with E-state index in [1.54, 1.807) is 0 Å². The van der Waals surface area contributed by atoms with Crippen molar-refractivity contribution >= 4 is 29.5 Å². The second kappa shape index (κ2) is 11.8. The second-order valence-corrected chi connectivity index (χ2v) is 13.2. The molecule has 5 N–H and O–H groups in total. The van der Waals surface area contributed by atoms with Crippen LogP contribution in [0.25, 0.3) is 0 Å². The van der Waals surface area contributed by atoms with Gasteiger partial charge in [0.05, 0.1) is 6.04 Å². The lowest BCUT2D eigenvalue weighted by Crippen LogP contribution is -2.61. The molecule has 1 aliphatic heterocycles. The predicted octanol–water partition coefficient (Wildman–Crippen LogP) is 2.10.